The van der Waals surface area contributed by atoms with Gasteiger partial charge >= 0.3 is 6.18 Å². The van der Waals surface area contributed by atoms with Crippen LogP contribution >= 0.6 is 0 Å². The highest BCUT2D eigenvalue weighted by molar-refractivity contribution is 5.79. The summed E-state index contributed by atoms with van der Waals surface area (Å²) < 4.78 is 40.5. The Hall–Kier alpha value is -0.820. The van der Waals surface area contributed by atoms with Crippen molar-refractivity contribution in [3.8, 4) is 0 Å². The topological polar surface area (TPSA) is 64.3 Å². The quantitative estimate of drug-likeness (QED) is 0.713. The number of hydrogen-bond acceptors (Lipinski definition) is 3. The molecule has 7 heteroatoms. The number of rotatable bonds is 5. The first kappa shape index (κ1) is 14.2. The summed E-state index contributed by atoms with van der Waals surface area (Å²) in [5.74, 6) is -0.611. The molecule has 1 heterocycles. The molecule has 1 aliphatic rings. The minimum Gasteiger partial charge on any atom is -0.379 e. The Kier molecular flexibility index (Phi) is 5.20. The Morgan fingerprint density at radius 2 is 2.06 bits per heavy atom. The summed E-state index contributed by atoms with van der Waals surface area (Å²) in [6, 6.07) is -0.315. The van der Waals surface area contributed by atoms with Gasteiger partial charge in [0.25, 0.3) is 0 Å². The fourth-order valence-electron chi connectivity index (χ4n) is 1.63. The molecule has 2 unspecified atom stereocenters. The molecule has 0 aromatic carbocycles. The summed E-state index contributed by atoms with van der Waals surface area (Å²) in [6.45, 7) is 0.889. The van der Waals surface area contributed by atoms with Crippen molar-refractivity contribution in [2.24, 2.45) is 11.7 Å². The van der Waals surface area contributed by atoms with E-state index in [1.165, 1.54) is 0 Å². The van der Waals surface area contributed by atoms with Gasteiger partial charge in [0.2, 0.25) is 5.91 Å². The van der Waals surface area contributed by atoms with Crippen LogP contribution in [-0.4, -0.2) is 37.9 Å². The Morgan fingerprint density at radius 1 is 1.35 bits per heavy atom. The van der Waals surface area contributed by atoms with E-state index in [0.29, 0.717) is 13.0 Å². The van der Waals surface area contributed by atoms with E-state index in [9.17, 15) is 18.0 Å². The summed E-state index contributed by atoms with van der Waals surface area (Å²) in [4.78, 5) is 11.5. The molecule has 17 heavy (non-hydrogen) atoms. The molecule has 0 spiro atoms. The average molecular weight is 254 g/mol. The van der Waals surface area contributed by atoms with Crippen LogP contribution in [0, 0.1) is 5.92 Å². The lowest BCUT2D eigenvalue weighted by atomic mass is 10.0. The maximum atomic E-state index is 11.8. The van der Waals surface area contributed by atoms with E-state index in [1.807, 2.05) is 0 Å². The van der Waals surface area contributed by atoms with Crippen molar-refractivity contribution in [3.63, 3.8) is 0 Å². The zero-order valence-electron chi connectivity index (χ0n) is 9.43. The average Bonchev–Trinajstić information content (AvgIpc) is 2.62. The Balaban J connectivity index is 2.08. The summed E-state index contributed by atoms with van der Waals surface area (Å²) in [7, 11) is 0. The van der Waals surface area contributed by atoms with Crippen LogP contribution in [0.2, 0.25) is 0 Å². The number of carbonyl (C=O) groups excluding carboxylic acids is 1. The highest BCUT2D eigenvalue weighted by Crippen LogP contribution is 2.21. The Morgan fingerprint density at radius 3 is 2.59 bits per heavy atom. The fraction of sp³-hybridized carbons (Fsp3) is 0.900. The number of nitrogens with one attached hydrogen (secondary N) is 1. The zero-order chi connectivity index (χ0) is 12.9. The minimum absolute atomic E-state index is 0.0248. The largest absolute Gasteiger partial charge is 0.389 e. The molecule has 1 fully saturated rings. The summed E-state index contributed by atoms with van der Waals surface area (Å²) in [5, 5.41) is 2.57. The molecular formula is C10H17F3N2O2. The van der Waals surface area contributed by atoms with Crippen molar-refractivity contribution in [2.45, 2.75) is 31.5 Å². The zero-order valence-corrected chi connectivity index (χ0v) is 9.43. The van der Waals surface area contributed by atoms with Crippen LogP contribution < -0.4 is 11.1 Å². The molecule has 1 amide bonds. The molecule has 0 bridgehead atoms. The van der Waals surface area contributed by atoms with Crippen molar-refractivity contribution in [1.82, 2.24) is 5.32 Å². The van der Waals surface area contributed by atoms with Crippen LogP contribution in [0.15, 0.2) is 0 Å². The smallest absolute Gasteiger partial charge is 0.379 e. The molecule has 1 aliphatic heterocycles. The second-order valence-corrected chi connectivity index (χ2v) is 4.17. The van der Waals surface area contributed by atoms with Gasteiger partial charge < -0.3 is 15.8 Å². The molecule has 1 rings (SSSR count). The van der Waals surface area contributed by atoms with Crippen molar-refractivity contribution in [3.05, 3.63) is 0 Å². The predicted molar refractivity (Wildman–Crippen MR) is 55.2 cm³/mol. The number of alkyl halides is 3. The van der Waals surface area contributed by atoms with E-state index in [0.717, 1.165) is 0 Å². The van der Waals surface area contributed by atoms with Crippen molar-refractivity contribution >= 4 is 5.91 Å². The first-order valence-corrected chi connectivity index (χ1v) is 5.58. The third-order valence-corrected chi connectivity index (χ3v) is 2.65. The number of halogens is 3. The van der Waals surface area contributed by atoms with Gasteiger partial charge in [-0.2, -0.15) is 13.2 Å². The van der Waals surface area contributed by atoms with Gasteiger partial charge in [-0.25, -0.2) is 0 Å². The minimum atomic E-state index is -4.12. The van der Waals surface area contributed by atoms with E-state index >= 15 is 0 Å². The SMILES string of the molecule is NC1COCC1C(=O)NCCCCC(F)(F)F. The molecule has 0 aromatic rings. The lowest BCUT2D eigenvalue weighted by Crippen LogP contribution is -2.41. The van der Waals surface area contributed by atoms with E-state index in [2.05, 4.69) is 5.32 Å². The highest BCUT2D eigenvalue weighted by atomic mass is 19.4. The number of nitrogens with two attached hydrogens (primary N) is 1. The third-order valence-electron chi connectivity index (χ3n) is 2.65. The molecule has 0 aromatic heterocycles. The van der Waals surface area contributed by atoms with E-state index < -0.39 is 12.6 Å². The van der Waals surface area contributed by atoms with Gasteiger partial charge in [-0.3, -0.25) is 4.79 Å². The molecule has 1 saturated heterocycles. The highest BCUT2D eigenvalue weighted by Gasteiger charge is 2.31. The van der Waals surface area contributed by atoms with Crippen LogP contribution in [0.5, 0.6) is 0 Å². The molecule has 0 aliphatic carbocycles. The second-order valence-electron chi connectivity index (χ2n) is 4.17. The van der Waals surface area contributed by atoms with Gasteiger partial charge in [-0.05, 0) is 12.8 Å². The van der Waals surface area contributed by atoms with Gasteiger partial charge in [0.15, 0.2) is 0 Å². The van der Waals surface area contributed by atoms with Gasteiger partial charge in [-0.1, -0.05) is 0 Å². The summed E-state index contributed by atoms with van der Waals surface area (Å²) in [6.07, 6.45) is -4.59. The van der Waals surface area contributed by atoms with Crippen LogP contribution in [0.1, 0.15) is 19.3 Å². The number of ether oxygens (including phenoxy) is 1. The van der Waals surface area contributed by atoms with Crippen LogP contribution in [0.3, 0.4) is 0 Å². The van der Waals surface area contributed by atoms with Gasteiger partial charge in [-0.15, -0.1) is 0 Å². The number of hydrogen-bond donors (Lipinski definition) is 2. The van der Waals surface area contributed by atoms with E-state index in [1.54, 1.807) is 0 Å². The standard InChI is InChI=1S/C10H17F3N2O2/c11-10(12,13)3-1-2-4-15-9(16)7-5-17-6-8(7)14/h7-8H,1-6,14H2,(H,15,16). The maximum absolute atomic E-state index is 11.8. The molecule has 2 atom stereocenters. The number of amides is 1. The lowest BCUT2D eigenvalue weighted by Gasteiger charge is -2.13. The van der Waals surface area contributed by atoms with Gasteiger partial charge in [0.1, 0.15) is 0 Å². The lowest BCUT2D eigenvalue weighted by molar-refractivity contribution is -0.135. The van der Waals surface area contributed by atoms with Crippen LogP contribution in [0.25, 0.3) is 0 Å². The second kappa shape index (κ2) is 6.20. The van der Waals surface area contributed by atoms with E-state index in [-0.39, 0.29) is 37.4 Å². The van der Waals surface area contributed by atoms with Gasteiger partial charge in [0, 0.05) is 19.0 Å². The monoisotopic (exact) mass is 254 g/mol. The first-order valence-electron chi connectivity index (χ1n) is 5.58. The predicted octanol–water partition coefficient (Wildman–Crippen LogP) is 0.809. The Labute approximate surface area is 97.7 Å². The third kappa shape index (κ3) is 5.36. The molecule has 0 radical (unpaired) electrons. The van der Waals surface area contributed by atoms with Crippen molar-refractivity contribution in [2.75, 3.05) is 19.8 Å². The molecular weight excluding hydrogens is 237 g/mol. The molecule has 0 saturated carbocycles. The first-order chi connectivity index (χ1) is 7.90. The normalized spacial score (nSPS) is 24.9. The maximum Gasteiger partial charge on any atom is 0.389 e. The van der Waals surface area contributed by atoms with Crippen LogP contribution in [0.4, 0.5) is 13.2 Å². The molecule has 3 N–H and O–H groups in total. The fourth-order valence-corrected chi connectivity index (χ4v) is 1.63. The summed E-state index contributed by atoms with van der Waals surface area (Å²) >= 11 is 0. The van der Waals surface area contributed by atoms with Crippen molar-refractivity contribution < 1.29 is 22.7 Å². The molecule has 100 valence electrons. The molecule has 4 nitrogen and oxygen atoms in total. The summed E-state index contributed by atoms with van der Waals surface area (Å²) in [5.41, 5.74) is 5.63. The van der Waals surface area contributed by atoms with Gasteiger partial charge in [0.05, 0.1) is 19.1 Å². The Bertz CT molecular complexity index is 258. The number of unbranched alkanes of at least 4 members (excludes halogenated alkanes) is 1. The van der Waals surface area contributed by atoms with E-state index in [4.69, 9.17) is 10.5 Å². The van der Waals surface area contributed by atoms with Crippen molar-refractivity contribution in [1.29, 1.82) is 0 Å². The van der Waals surface area contributed by atoms with Crippen LogP contribution in [-0.2, 0) is 9.53 Å². The number of carbonyl (C=O) groups is 1.